The number of alkyl halides is 3. The van der Waals surface area contributed by atoms with Crippen LogP contribution in [-0.4, -0.2) is 12.5 Å². The summed E-state index contributed by atoms with van der Waals surface area (Å²) in [5, 5.41) is 5.53. The number of anilines is 2. The summed E-state index contributed by atoms with van der Waals surface area (Å²) in [6.07, 6.45) is -4.39. The highest BCUT2D eigenvalue weighted by molar-refractivity contribution is 6.33. The first-order valence-corrected chi connectivity index (χ1v) is 7.60. The maximum atomic E-state index is 12.7. The van der Waals surface area contributed by atoms with Gasteiger partial charge in [0.1, 0.15) is 0 Å². The van der Waals surface area contributed by atoms with E-state index < -0.39 is 17.6 Å². The molecule has 2 N–H and O–H groups in total. The van der Waals surface area contributed by atoms with Crippen LogP contribution in [0.3, 0.4) is 0 Å². The van der Waals surface area contributed by atoms with Crippen molar-refractivity contribution in [1.82, 2.24) is 0 Å². The van der Waals surface area contributed by atoms with E-state index in [-0.39, 0.29) is 17.1 Å². The number of aryl methyl sites for hydroxylation is 1. The van der Waals surface area contributed by atoms with Gasteiger partial charge in [-0.1, -0.05) is 29.3 Å². The van der Waals surface area contributed by atoms with Crippen molar-refractivity contribution in [3.05, 3.63) is 58.6 Å². The summed E-state index contributed by atoms with van der Waals surface area (Å²) in [7, 11) is 0. The van der Waals surface area contributed by atoms with E-state index in [9.17, 15) is 18.0 Å². The minimum atomic E-state index is -4.49. The number of carbonyl (C=O) groups is 1. The van der Waals surface area contributed by atoms with Crippen molar-refractivity contribution in [2.24, 2.45) is 0 Å². The number of nitrogens with one attached hydrogen (secondary N) is 2. The Bertz CT molecular complexity index is 715. The summed E-state index contributed by atoms with van der Waals surface area (Å²) >= 11 is 5.84. The summed E-state index contributed by atoms with van der Waals surface area (Å²) in [6.45, 7) is 2.32. The molecule has 0 aromatic heterocycles. The first kappa shape index (κ1) is 18.1. The van der Waals surface area contributed by atoms with E-state index in [0.29, 0.717) is 6.54 Å². The van der Waals surface area contributed by atoms with Gasteiger partial charge in [-0.2, -0.15) is 13.2 Å². The van der Waals surface area contributed by atoms with E-state index in [1.165, 1.54) is 0 Å². The quantitative estimate of drug-likeness (QED) is 0.781. The smallest absolute Gasteiger partial charge is 0.385 e. The summed E-state index contributed by atoms with van der Waals surface area (Å²) in [5.41, 5.74) is 1.08. The molecule has 0 heterocycles. The van der Waals surface area contributed by atoms with E-state index in [2.05, 4.69) is 10.6 Å². The highest BCUT2D eigenvalue weighted by atomic mass is 35.5. The Morgan fingerprint density at radius 3 is 2.42 bits per heavy atom. The molecule has 0 fully saturated rings. The number of rotatable bonds is 5. The second kappa shape index (κ2) is 7.57. The Morgan fingerprint density at radius 2 is 1.79 bits per heavy atom. The molecule has 3 nitrogen and oxygen atoms in total. The van der Waals surface area contributed by atoms with Gasteiger partial charge in [0, 0.05) is 18.7 Å². The molecule has 0 atom stereocenters. The molecule has 0 aliphatic rings. The number of hydrogen-bond acceptors (Lipinski definition) is 2. The lowest BCUT2D eigenvalue weighted by Crippen LogP contribution is -2.17. The Kier molecular flexibility index (Phi) is 5.72. The summed E-state index contributed by atoms with van der Waals surface area (Å²) in [4.78, 5) is 11.9. The van der Waals surface area contributed by atoms with Gasteiger partial charge in [-0.25, -0.2) is 0 Å². The molecule has 2 rings (SSSR count). The molecule has 0 radical (unpaired) electrons. The van der Waals surface area contributed by atoms with Gasteiger partial charge in [0.2, 0.25) is 5.91 Å². The molecule has 1 amide bonds. The lowest BCUT2D eigenvalue weighted by Gasteiger charge is -2.12. The predicted octanol–water partition coefficient (Wildman–Crippen LogP) is 5.11. The van der Waals surface area contributed by atoms with E-state index >= 15 is 0 Å². The third kappa shape index (κ3) is 5.16. The second-order valence-electron chi connectivity index (χ2n) is 5.28. The molecule has 7 heteroatoms. The van der Waals surface area contributed by atoms with Crippen LogP contribution in [-0.2, 0) is 11.0 Å². The van der Waals surface area contributed by atoms with Crippen molar-refractivity contribution in [3.8, 4) is 0 Å². The van der Waals surface area contributed by atoms with Crippen LogP contribution in [0.25, 0.3) is 0 Å². The zero-order chi connectivity index (χ0) is 17.7. The van der Waals surface area contributed by atoms with E-state index in [0.717, 1.165) is 29.4 Å². The molecule has 128 valence electrons. The molecule has 0 spiro atoms. The van der Waals surface area contributed by atoms with E-state index in [1.807, 2.05) is 31.2 Å². The van der Waals surface area contributed by atoms with E-state index in [1.54, 1.807) is 0 Å². The number of halogens is 4. The normalized spacial score (nSPS) is 11.2. The van der Waals surface area contributed by atoms with Crippen molar-refractivity contribution >= 4 is 28.9 Å². The Morgan fingerprint density at radius 1 is 1.12 bits per heavy atom. The standard InChI is InChI=1S/C17H16ClF3N2O/c1-11-2-5-13(6-3-11)22-9-8-16(24)23-15-10-12(17(19,20)21)4-7-14(15)18/h2-7,10,22H,8-9H2,1H3,(H,23,24). The van der Waals surface area contributed by atoms with Crippen molar-refractivity contribution in [2.45, 2.75) is 19.5 Å². The maximum Gasteiger partial charge on any atom is 0.416 e. The van der Waals surface area contributed by atoms with Crippen molar-refractivity contribution in [1.29, 1.82) is 0 Å². The van der Waals surface area contributed by atoms with Crippen LogP contribution >= 0.6 is 11.6 Å². The zero-order valence-electron chi connectivity index (χ0n) is 12.9. The van der Waals surface area contributed by atoms with Gasteiger partial charge in [0.25, 0.3) is 0 Å². The van der Waals surface area contributed by atoms with Crippen LogP contribution in [0, 0.1) is 6.92 Å². The summed E-state index contributed by atoms with van der Waals surface area (Å²) in [5.74, 6) is -0.421. The fourth-order valence-corrected chi connectivity index (χ4v) is 2.17. The summed E-state index contributed by atoms with van der Waals surface area (Å²) in [6, 6.07) is 10.5. The topological polar surface area (TPSA) is 41.1 Å². The number of amides is 1. The molecule has 0 saturated heterocycles. The van der Waals surface area contributed by atoms with Crippen LogP contribution in [0.1, 0.15) is 17.5 Å². The third-order valence-corrected chi connectivity index (χ3v) is 3.63. The number of hydrogen-bond donors (Lipinski definition) is 2. The zero-order valence-corrected chi connectivity index (χ0v) is 13.6. The third-order valence-electron chi connectivity index (χ3n) is 3.30. The van der Waals surface area contributed by atoms with Gasteiger partial charge in [0.15, 0.2) is 0 Å². The second-order valence-corrected chi connectivity index (χ2v) is 5.69. The van der Waals surface area contributed by atoms with Gasteiger partial charge in [-0.15, -0.1) is 0 Å². The SMILES string of the molecule is Cc1ccc(NCCC(=O)Nc2cc(C(F)(F)F)ccc2Cl)cc1. The van der Waals surface area contributed by atoms with Gasteiger partial charge >= 0.3 is 6.18 Å². The van der Waals surface area contributed by atoms with Crippen LogP contribution in [0.2, 0.25) is 5.02 Å². The monoisotopic (exact) mass is 356 g/mol. The Hall–Kier alpha value is -2.21. The molecule has 24 heavy (non-hydrogen) atoms. The molecule has 0 aliphatic carbocycles. The minimum Gasteiger partial charge on any atom is -0.385 e. The Labute approximate surface area is 142 Å². The molecule has 0 bridgehead atoms. The predicted molar refractivity (Wildman–Crippen MR) is 89.4 cm³/mol. The molecular weight excluding hydrogens is 341 g/mol. The molecule has 2 aromatic carbocycles. The van der Waals surface area contributed by atoms with Gasteiger partial charge < -0.3 is 10.6 Å². The van der Waals surface area contributed by atoms with Gasteiger partial charge in [-0.3, -0.25) is 4.79 Å². The molecule has 2 aromatic rings. The van der Waals surface area contributed by atoms with Crippen LogP contribution < -0.4 is 10.6 Å². The fraction of sp³-hybridized carbons (Fsp3) is 0.235. The average Bonchev–Trinajstić information content (AvgIpc) is 2.50. The average molecular weight is 357 g/mol. The van der Waals surface area contributed by atoms with Crippen molar-refractivity contribution < 1.29 is 18.0 Å². The maximum absolute atomic E-state index is 12.7. The van der Waals surface area contributed by atoms with Crippen LogP contribution in [0.4, 0.5) is 24.5 Å². The van der Waals surface area contributed by atoms with Crippen LogP contribution in [0.5, 0.6) is 0 Å². The van der Waals surface area contributed by atoms with Gasteiger partial charge in [0.05, 0.1) is 16.3 Å². The largest absolute Gasteiger partial charge is 0.416 e. The molecule has 0 unspecified atom stereocenters. The Balaban J connectivity index is 1.91. The first-order valence-electron chi connectivity index (χ1n) is 7.23. The van der Waals surface area contributed by atoms with E-state index in [4.69, 9.17) is 11.6 Å². The molecule has 0 aliphatic heterocycles. The molecular formula is C17H16ClF3N2O. The van der Waals surface area contributed by atoms with Crippen LogP contribution in [0.15, 0.2) is 42.5 Å². The number of benzene rings is 2. The highest BCUT2D eigenvalue weighted by Crippen LogP contribution is 2.33. The lowest BCUT2D eigenvalue weighted by molar-refractivity contribution is -0.137. The number of carbonyl (C=O) groups excluding carboxylic acids is 1. The molecule has 0 saturated carbocycles. The van der Waals surface area contributed by atoms with Gasteiger partial charge in [-0.05, 0) is 37.3 Å². The first-order chi connectivity index (χ1) is 11.3. The minimum absolute atomic E-state index is 0.0492. The van der Waals surface area contributed by atoms with Crippen molar-refractivity contribution in [2.75, 3.05) is 17.2 Å². The summed E-state index contributed by atoms with van der Waals surface area (Å²) < 4.78 is 38.1. The highest BCUT2D eigenvalue weighted by Gasteiger charge is 2.31. The van der Waals surface area contributed by atoms with Crippen molar-refractivity contribution in [3.63, 3.8) is 0 Å². The fourth-order valence-electron chi connectivity index (χ4n) is 2.00. The lowest BCUT2D eigenvalue weighted by atomic mass is 10.2.